The van der Waals surface area contributed by atoms with Crippen molar-refractivity contribution in [2.75, 3.05) is 26.3 Å². The lowest BCUT2D eigenvalue weighted by molar-refractivity contribution is -0.160. The molecule has 1 rings (SSSR count). The number of esters is 1. The number of hydrogen-bond donors (Lipinski definition) is 0. The van der Waals surface area contributed by atoms with E-state index < -0.39 is 5.60 Å². The van der Waals surface area contributed by atoms with Crippen molar-refractivity contribution in [3.8, 4) is 0 Å². The van der Waals surface area contributed by atoms with Gasteiger partial charge in [-0.1, -0.05) is 13.3 Å². The van der Waals surface area contributed by atoms with Crippen LogP contribution in [0.1, 0.15) is 53.4 Å². The number of carbonyl (C=O) groups excluding carboxylic acids is 1. The molecule has 0 bridgehead atoms. The average Bonchev–Trinajstić information content (AvgIpc) is 2.75. The van der Waals surface area contributed by atoms with Crippen molar-refractivity contribution in [3.05, 3.63) is 0 Å². The van der Waals surface area contributed by atoms with E-state index in [2.05, 4.69) is 11.8 Å². The lowest BCUT2D eigenvalue weighted by Crippen LogP contribution is -2.41. The minimum atomic E-state index is -0.400. The molecule has 1 saturated heterocycles. The highest BCUT2D eigenvalue weighted by Gasteiger charge is 2.33. The van der Waals surface area contributed by atoms with Crippen LogP contribution in [0.3, 0.4) is 0 Å². The highest BCUT2D eigenvalue weighted by atomic mass is 16.6. The lowest BCUT2D eigenvalue weighted by atomic mass is 10.1. The Balaban J connectivity index is 2.31. The van der Waals surface area contributed by atoms with Crippen LogP contribution in [-0.2, 0) is 14.3 Å². The molecule has 1 aliphatic heterocycles. The van der Waals surface area contributed by atoms with E-state index in [0.29, 0.717) is 6.61 Å². The highest BCUT2D eigenvalue weighted by Crippen LogP contribution is 2.20. The third-order valence-corrected chi connectivity index (χ3v) is 3.21. The lowest BCUT2D eigenvalue weighted by Gasteiger charge is -2.27. The molecule has 1 atom stereocenters. The van der Waals surface area contributed by atoms with Crippen LogP contribution in [0, 0.1) is 0 Å². The minimum Gasteiger partial charge on any atom is -0.459 e. The molecule has 1 fully saturated rings. The molecule has 0 saturated carbocycles. The van der Waals surface area contributed by atoms with Gasteiger partial charge in [-0.15, -0.1) is 0 Å². The van der Waals surface area contributed by atoms with Crippen molar-refractivity contribution in [2.45, 2.75) is 65.0 Å². The largest absolute Gasteiger partial charge is 0.459 e. The fourth-order valence-electron chi connectivity index (χ4n) is 2.26. The summed E-state index contributed by atoms with van der Waals surface area (Å²) >= 11 is 0. The van der Waals surface area contributed by atoms with Gasteiger partial charge in [0, 0.05) is 13.2 Å². The van der Waals surface area contributed by atoms with Gasteiger partial charge in [0.05, 0.1) is 6.61 Å². The van der Waals surface area contributed by atoms with Gasteiger partial charge in [-0.2, -0.15) is 0 Å². The van der Waals surface area contributed by atoms with E-state index in [1.54, 1.807) is 0 Å². The molecule has 0 amide bonds. The number of ether oxygens (including phenoxy) is 2. The molecule has 4 heteroatoms. The summed E-state index contributed by atoms with van der Waals surface area (Å²) in [6.07, 6.45) is 4.24. The third kappa shape index (κ3) is 6.39. The maximum atomic E-state index is 12.1. The van der Waals surface area contributed by atoms with Gasteiger partial charge >= 0.3 is 5.97 Å². The van der Waals surface area contributed by atoms with Crippen LogP contribution >= 0.6 is 0 Å². The van der Waals surface area contributed by atoms with Gasteiger partial charge in [0.2, 0.25) is 0 Å². The van der Waals surface area contributed by atoms with Gasteiger partial charge in [0.25, 0.3) is 0 Å². The Kier molecular flexibility index (Phi) is 6.80. The van der Waals surface area contributed by atoms with E-state index in [1.807, 2.05) is 20.8 Å². The maximum absolute atomic E-state index is 12.1. The molecule has 0 N–H and O–H groups in total. The van der Waals surface area contributed by atoms with Gasteiger partial charge in [-0.25, -0.2) is 0 Å². The van der Waals surface area contributed by atoms with E-state index in [1.165, 1.54) is 0 Å². The van der Waals surface area contributed by atoms with Crippen LogP contribution in [0.2, 0.25) is 0 Å². The fraction of sp³-hybridized carbons (Fsp3) is 0.933. The van der Waals surface area contributed by atoms with Crippen molar-refractivity contribution in [3.63, 3.8) is 0 Å². The second-order valence-electron chi connectivity index (χ2n) is 6.19. The van der Waals surface area contributed by atoms with E-state index >= 15 is 0 Å². The molecule has 0 radical (unpaired) electrons. The third-order valence-electron chi connectivity index (χ3n) is 3.21. The summed E-state index contributed by atoms with van der Waals surface area (Å²) < 4.78 is 11.0. The SMILES string of the molecule is CCCCOCCN1CCC[C@@H]1C(=O)OC(C)(C)C. The first-order chi connectivity index (χ1) is 8.94. The van der Waals surface area contributed by atoms with Crippen molar-refractivity contribution < 1.29 is 14.3 Å². The first-order valence-corrected chi connectivity index (χ1v) is 7.48. The average molecular weight is 271 g/mol. The molecule has 0 aromatic carbocycles. The van der Waals surface area contributed by atoms with E-state index in [9.17, 15) is 4.79 Å². The summed E-state index contributed by atoms with van der Waals surface area (Å²) in [6, 6.07) is -0.0750. The normalized spacial score (nSPS) is 20.7. The zero-order valence-corrected chi connectivity index (χ0v) is 12.9. The van der Waals surface area contributed by atoms with E-state index in [-0.39, 0.29) is 12.0 Å². The summed E-state index contributed by atoms with van der Waals surface area (Å²) in [6.45, 7) is 11.2. The van der Waals surface area contributed by atoms with Gasteiger partial charge < -0.3 is 9.47 Å². The molecule has 0 aromatic heterocycles. The van der Waals surface area contributed by atoms with Gasteiger partial charge in [0.1, 0.15) is 11.6 Å². The van der Waals surface area contributed by atoms with E-state index in [0.717, 1.165) is 45.4 Å². The second kappa shape index (κ2) is 7.85. The molecule has 0 unspecified atom stereocenters. The van der Waals surface area contributed by atoms with Gasteiger partial charge in [0.15, 0.2) is 0 Å². The Bertz CT molecular complexity index is 273. The van der Waals surface area contributed by atoms with Crippen LogP contribution in [0.4, 0.5) is 0 Å². The molecule has 4 nitrogen and oxygen atoms in total. The molecule has 0 aliphatic carbocycles. The Morgan fingerprint density at radius 2 is 2.05 bits per heavy atom. The molecule has 112 valence electrons. The summed E-state index contributed by atoms with van der Waals surface area (Å²) in [5.41, 5.74) is -0.400. The van der Waals surface area contributed by atoms with Crippen LogP contribution in [0.15, 0.2) is 0 Å². The fourth-order valence-corrected chi connectivity index (χ4v) is 2.26. The number of unbranched alkanes of at least 4 members (excludes halogenated alkanes) is 1. The zero-order chi connectivity index (χ0) is 14.3. The number of nitrogens with zero attached hydrogens (tertiary/aromatic N) is 1. The second-order valence-corrected chi connectivity index (χ2v) is 6.19. The van der Waals surface area contributed by atoms with E-state index in [4.69, 9.17) is 9.47 Å². The Morgan fingerprint density at radius 3 is 2.68 bits per heavy atom. The van der Waals surface area contributed by atoms with Crippen molar-refractivity contribution in [1.29, 1.82) is 0 Å². The smallest absolute Gasteiger partial charge is 0.323 e. The number of carbonyl (C=O) groups is 1. The molecule has 1 aliphatic rings. The number of hydrogen-bond acceptors (Lipinski definition) is 4. The standard InChI is InChI=1S/C15H29NO3/c1-5-6-11-18-12-10-16-9-7-8-13(16)14(17)19-15(2,3)4/h13H,5-12H2,1-4H3/t13-/m1/s1. The molecule has 19 heavy (non-hydrogen) atoms. The van der Waals surface area contributed by atoms with Gasteiger partial charge in [-0.3, -0.25) is 9.69 Å². The van der Waals surface area contributed by atoms with Crippen LogP contribution in [0.25, 0.3) is 0 Å². The maximum Gasteiger partial charge on any atom is 0.323 e. The Hall–Kier alpha value is -0.610. The van der Waals surface area contributed by atoms with Gasteiger partial charge in [-0.05, 0) is 46.6 Å². The van der Waals surface area contributed by atoms with Crippen molar-refractivity contribution >= 4 is 5.97 Å². The quantitative estimate of drug-likeness (QED) is 0.527. The molecule has 0 spiro atoms. The molecular formula is C15H29NO3. The Labute approximate surface area is 117 Å². The number of rotatable bonds is 7. The molecular weight excluding hydrogens is 242 g/mol. The minimum absolute atomic E-state index is 0.0750. The van der Waals surface area contributed by atoms with Crippen LogP contribution < -0.4 is 0 Å². The van der Waals surface area contributed by atoms with Crippen molar-refractivity contribution in [2.24, 2.45) is 0 Å². The number of likely N-dealkylation sites (tertiary alicyclic amines) is 1. The van der Waals surface area contributed by atoms with Crippen LogP contribution in [-0.4, -0.2) is 48.8 Å². The summed E-state index contributed by atoms with van der Waals surface area (Å²) in [5.74, 6) is -0.0847. The highest BCUT2D eigenvalue weighted by molar-refractivity contribution is 5.76. The first kappa shape index (κ1) is 16.4. The van der Waals surface area contributed by atoms with Crippen molar-refractivity contribution in [1.82, 2.24) is 4.90 Å². The molecule has 1 heterocycles. The first-order valence-electron chi connectivity index (χ1n) is 7.48. The zero-order valence-electron chi connectivity index (χ0n) is 12.9. The van der Waals surface area contributed by atoms with Crippen LogP contribution in [0.5, 0.6) is 0 Å². The monoisotopic (exact) mass is 271 g/mol. The predicted octanol–water partition coefficient (Wildman–Crippen LogP) is 2.61. The molecule has 0 aromatic rings. The summed E-state index contributed by atoms with van der Waals surface area (Å²) in [5, 5.41) is 0. The Morgan fingerprint density at radius 1 is 1.32 bits per heavy atom. The summed E-state index contributed by atoms with van der Waals surface area (Å²) in [4.78, 5) is 14.3. The topological polar surface area (TPSA) is 38.8 Å². The summed E-state index contributed by atoms with van der Waals surface area (Å²) in [7, 11) is 0. The predicted molar refractivity (Wildman–Crippen MR) is 76.2 cm³/mol.